The zero-order valence-corrected chi connectivity index (χ0v) is 12.3. The van der Waals surface area contributed by atoms with Gasteiger partial charge in [0.15, 0.2) is 0 Å². The number of imidazole rings is 1. The van der Waals surface area contributed by atoms with Crippen molar-refractivity contribution >= 4 is 21.9 Å². The minimum atomic E-state index is -0.251. The Morgan fingerprint density at radius 3 is 2.74 bits per heavy atom. The summed E-state index contributed by atoms with van der Waals surface area (Å²) in [6.07, 6.45) is 3.47. The molecule has 0 atom stereocenters. The van der Waals surface area contributed by atoms with Crippen LogP contribution in [0.15, 0.2) is 36.7 Å². The smallest absolute Gasteiger partial charge is 0.325 e. The second-order valence-corrected chi connectivity index (χ2v) is 4.58. The van der Waals surface area contributed by atoms with Gasteiger partial charge in [0, 0.05) is 23.3 Å². The number of aromatic nitrogens is 2. The lowest BCUT2D eigenvalue weighted by molar-refractivity contribution is -0.143. The molecular weight excluding hydrogens is 308 g/mol. The number of rotatable bonds is 5. The van der Waals surface area contributed by atoms with Crippen LogP contribution < -0.4 is 0 Å². The maximum absolute atomic E-state index is 11.5. The van der Waals surface area contributed by atoms with Crippen LogP contribution in [0.5, 0.6) is 0 Å². The molecule has 100 valence electrons. The zero-order chi connectivity index (χ0) is 13.7. The van der Waals surface area contributed by atoms with Crippen LogP contribution in [0.4, 0.5) is 0 Å². The number of carbonyl (C=O) groups excluding carboxylic acids is 1. The number of ether oxygens (including phenoxy) is 1. The van der Waals surface area contributed by atoms with Crippen molar-refractivity contribution in [2.45, 2.75) is 18.8 Å². The molecule has 0 spiro atoms. The van der Waals surface area contributed by atoms with E-state index in [2.05, 4.69) is 20.9 Å². The van der Waals surface area contributed by atoms with Gasteiger partial charge >= 0.3 is 5.97 Å². The van der Waals surface area contributed by atoms with Crippen LogP contribution in [-0.4, -0.2) is 22.1 Å². The van der Waals surface area contributed by atoms with Crippen LogP contribution in [0.2, 0.25) is 0 Å². The van der Waals surface area contributed by atoms with E-state index in [-0.39, 0.29) is 12.5 Å². The molecule has 4 nitrogen and oxygen atoms in total. The number of esters is 1. The fraction of sp³-hybridized carbons (Fsp3) is 0.286. The Balaban J connectivity index is 2.20. The largest absolute Gasteiger partial charge is 0.465 e. The average Bonchev–Trinajstić information content (AvgIpc) is 2.87. The SMILES string of the molecule is CCOC(=O)Cn1ccnc1-c1ccc(CBr)cc1. The zero-order valence-electron chi connectivity index (χ0n) is 10.7. The van der Waals surface area contributed by atoms with Gasteiger partial charge < -0.3 is 9.30 Å². The normalized spacial score (nSPS) is 10.4. The van der Waals surface area contributed by atoms with Crippen LogP contribution in [-0.2, 0) is 21.4 Å². The lowest BCUT2D eigenvalue weighted by Crippen LogP contribution is -2.13. The fourth-order valence-corrected chi connectivity index (χ4v) is 2.16. The lowest BCUT2D eigenvalue weighted by Gasteiger charge is -2.07. The van der Waals surface area contributed by atoms with Gasteiger partial charge in [-0.15, -0.1) is 0 Å². The molecule has 0 aliphatic rings. The van der Waals surface area contributed by atoms with E-state index in [0.29, 0.717) is 6.61 Å². The first-order valence-electron chi connectivity index (χ1n) is 6.06. The van der Waals surface area contributed by atoms with E-state index in [1.165, 1.54) is 5.56 Å². The van der Waals surface area contributed by atoms with Crippen molar-refractivity contribution in [3.05, 3.63) is 42.2 Å². The minimum Gasteiger partial charge on any atom is -0.465 e. The lowest BCUT2D eigenvalue weighted by atomic mass is 10.1. The Hall–Kier alpha value is -1.62. The third-order valence-electron chi connectivity index (χ3n) is 2.69. The van der Waals surface area contributed by atoms with Crippen molar-refractivity contribution in [1.29, 1.82) is 0 Å². The van der Waals surface area contributed by atoms with E-state index in [4.69, 9.17) is 4.74 Å². The molecule has 0 saturated heterocycles. The van der Waals surface area contributed by atoms with Gasteiger partial charge in [-0.05, 0) is 12.5 Å². The van der Waals surface area contributed by atoms with E-state index >= 15 is 0 Å². The minimum absolute atomic E-state index is 0.184. The molecule has 2 rings (SSSR count). The molecule has 1 aromatic heterocycles. The number of hydrogen-bond donors (Lipinski definition) is 0. The van der Waals surface area contributed by atoms with Crippen molar-refractivity contribution in [2.24, 2.45) is 0 Å². The molecule has 0 amide bonds. The number of carbonyl (C=O) groups is 1. The molecule has 0 N–H and O–H groups in total. The summed E-state index contributed by atoms with van der Waals surface area (Å²) >= 11 is 3.41. The summed E-state index contributed by atoms with van der Waals surface area (Å²) in [5.74, 6) is 0.521. The van der Waals surface area contributed by atoms with Gasteiger partial charge in [-0.2, -0.15) is 0 Å². The first-order chi connectivity index (χ1) is 9.24. The molecule has 0 radical (unpaired) electrons. The number of benzene rings is 1. The third-order valence-corrected chi connectivity index (χ3v) is 3.33. The maximum Gasteiger partial charge on any atom is 0.325 e. The molecule has 0 aliphatic heterocycles. The molecule has 2 aromatic rings. The van der Waals surface area contributed by atoms with Gasteiger partial charge in [-0.25, -0.2) is 4.98 Å². The molecular formula is C14H15BrN2O2. The highest BCUT2D eigenvalue weighted by atomic mass is 79.9. The van der Waals surface area contributed by atoms with Crippen LogP contribution in [0.1, 0.15) is 12.5 Å². The summed E-state index contributed by atoms with van der Waals surface area (Å²) in [5, 5.41) is 0.824. The second kappa shape index (κ2) is 6.52. The topological polar surface area (TPSA) is 44.1 Å². The van der Waals surface area contributed by atoms with Gasteiger partial charge in [-0.3, -0.25) is 4.79 Å². The fourth-order valence-electron chi connectivity index (χ4n) is 1.79. The Labute approximate surface area is 120 Å². The van der Waals surface area contributed by atoms with Gasteiger partial charge in [0.1, 0.15) is 12.4 Å². The first-order valence-corrected chi connectivity index (χ1v) is 7.18. The summed E-state index contributed by atoms with van der Waals surface area (Å²) in [4.78, 5) is 15.8. The Kier molecular flexibility index (Phi) is 4.74. The number of hydrogen-bond acceptors (Lipinski definition) is 3. The van der Waals surface area contributed by atoms with E-state index in [1.807, 2.05) is 24.3 Å². The molecule has 0 fully saturated rings. The van der Waals surface area contributed by atoms with Crippen LogP contribution >= 0.6 is 15.9 Å². The highest BCUT2D eigenvalue weighted by Gasteiger charge is 2.10. The molecule has 1 heterocycles. The standard InChI is InChI=1S/C14H15BrN2O2/c1-2-19-13(18)10-17-8-7-16-14(17)12-5-3-11(9-15)4-6-12/h3-8H,2,9-10H2,1H3. The van der Waals surface area contributed by atoms with Gasteiger partial charge in [0.05, 0.1) is 6.61 Å². The summed E-state index contributed by atoms with van der Waals surface area (Å²) in [5.41, 5.74) is 2.19. The molecule has 5 heteroatoms. The number of alkyl halides is 1. The van der Waals surface area contributed by atoms with E-state index in [1.54, 1.807) is 23.9 Å². The first kappa shape index (κ1) is 13.8. The van der Waals surface area contributed by atoms with Crippen molar-refractivity contribution < 1.29 is 9.53 Å². The Morgan fingerprint density at radius 1 is 1.37 bits per heavy atom. The van der Waals surface area contributed by atoms with Crippen molar-refractivity contribution in [3.8, 4) is 11.4 Å². The summed E-state index contributed by atoms with van der Waals surface area (Å²) in [6, 6.07) is 8.07. The van der Waals surface area contributed by atoms with E-state index in [9.17, 15) is 4.79 Å². The Bertz CT molecular complexity index is 549. The molecule has 1 aromatic carbocycles. The van der Waals surface area contributed by atoms with Crippen molar-refractivity contribution in [3.63, 3.8) is 0 Å². The third kappa shape index (κ3) is 3.44. The summed E-state index contributed by atoms with van der Waals surface area (Å²) in [6.45, 7) is 2.37. The maximum atomic E-state index is 11.5. The second-order valence-electron chi connectivity index (χ2n) is 4.01. The van der Waals surface area contributed by atoms with E-state index < -0.39 is 0 Å². The molecule has 0 aliphatic carbocycles. The van der Waals surface area contributed by atoms with Gasteiger partial charge in [0.2, 0.25) is 0 Å². The predicted molar refractivity (Wildman–Crippen MR) is 76.9 cm³/mol. The molecule has 0 unspecified atom stereocenters. The van der Waals surface area contributed by atoms with Crippen molar-refractivity contribution in [2.75, 3.05) is 6.61 Å². The van der Waals surface area contributed by atoms with Crippen molar-refractivity contribution in [1.82, 2.24) is 9.55 Å². The van der Waals surface area contributed by atoms with Crippen LogP contribution in [0.3, 0.4) is 0 Å². The highest BCUT2D eigenvalue weighted by molar-refractivity contribution is 9.08. The van der Waals surface area contributed by atoms with Gasteiger partial charge in [0.25, 0.3) is 0 Å². The van der Waals surface area contributed by atoms with Crippen LogP contribution in [0, 0.1) is 0 Å². The average molecular weight is 323 g/mol. The molecule has 0 bridgehead atoms. The summed E-state index contributed by atoms with van der Waals surface area (Å²) < 4.78 is 6.74. The van der Waals surface area contributed by atoms with Gasteiger partial charge in [-0.1, -0.05) is 40.2 Å². The molecule has 0 saturated carbocycles. The number of nitrogens with zero attached hydrogens (tertiary/aromatic N) is 2. The predicted octanol–water partition coefficient (Wildman–Crippen LogP) is 3.01. The summed E-state index contributed by atoms with van der Waals surface area (Å²) in [7, 11) is 0. The monoisotopic (exact) mass is 322 g/mol. The number of halogens is 1. The Morgan fingerprint density at radius 2 is 2.11 bits per heavy atom. The molecule has 19 heavy (non-hydrogen) atoms. The van der Waals surface area contributed by atoms with E-state index in [0.717, 1.165) is 16.7 Å². The van der Waals surface area contributed by atoms with Crippen LogP contribution in [0.25, 0.3) is 11.4 Å². The quantitative estimate of drug-likeness (QED) is 0.628. The highest BCUT2D eigenvalue weighted by Crippen LogP contribution is 2.19.